The Hall–Kier alpha value is -1.30. The topological polar surface area (TPSA) is 86.9 Å². The van der Waals surface area contributed by atoms with Crippen molar-refractivity contribution in [2.45, 2.75) is 45.2 Å². The molecule has 0 bridgehead atoms. The van der Waals surface area contributed by atoms with Crippen molar-refractivity contribution in [2.24, 2.45) is 11.1 Å². The maximum Gasteiger partial charge on any atom is 0.327 e. The molecule has 2 aliphatic heterocycles. The van der Waals surface area contributed by atoms with Crippen molar-refractivity contribution in [2.75, 3.05) is 19.6 Å². The predicted molar refractivity (Wildman–Crippen MR) is 70.7 cm³/mol. The summed E-state index contributed by atoms with van der Waals surface area (Å²) in [5.41, 5.74) is 5.42. The Balaban J connectivity index is 2.16. The normalized spacial score (nSPS) is 30.5. The molecule has 2 atom stereocenters. The Morgan fingerprint density at radius 2 is 2.00 bits per heavy atom. The van der Waals surface area contributed by atoms with Gasteiger partial charge in [0.05, 0.1) is 0 Å². The number of piperidine rings is 1. The van der Waals surface area contributed by atoms with E-state index in [0.717, 1.165) is 19.3 Å². The van der Waals surface area contributed by atoms with Gasteiger partial charge in [-0.2, -0.15) is 0 Å². The number of nitrogens with two attached hydrogens (primary N) is 1. The number of nitrogens with zero attached hydrogens (tertiary/aromatic N) is 2. The Kier molecular flexibility index (Phi) is 3.71. The van der Waals surface area contributed by atoms with Crippen LogP contribution in [0.15, 0.2) is 0 Å². The van der Waals surface area contributed by atoms with Crippen LogP contribution in [0.1, 0.15) is 33.1 Å². The molecule has 0 spiro atoms. The van der Waals surface area contributed by atoms with E-state index in [0.29, 0.717) is 19.6 Å². The van der Waals surface area contributed by atoms with E-state index in [1.807, 2.05) is 13.8 Å². The van der Waals surface area contributed by atoms with E-state index in [2.05, 4.69) is 0 Å². The molecular formula is C13H23N3O3. The molecule has 2 fully saturated rings. The van der Waals surface area contributed by atoms with Crippen LogP contribution in [-0.2, 0) is 4.79 Å². The fraction of sp³-hybridized carbons (Fsp3) is 0.846. The molecule has 6 nitrogen and oxygen atoms in total. The maximum absolute atomic E-state index is 12.5. The summed E-state index contributed by atoms with van der Waals surface area (Å²) >= 11 is 0. The van der Waals surface area contributed by atoms with Gasteiger partial charge in [0.25, 0.3) is 0 Å². The molecule has 2 aliphatic rings. The molecule has 19 heavy (non-hydrogen) atoms. The zero-order valence-electron chi connectivity index (χ0n) is 11.6. The van der Waals surface area contributed by atoms with Gasteiger partial charge in [0, 0.05) is 25.7 Å². The first-order valence-electron chi connectivity index (χ1n) is 6.87. The summed E-state index contributed by atoms with van der Waals surface area (Å²) in [6.07, 6.45) is 2.47. The van der Waals surface area contributed by atoms with Gasteiger partial charge in [-0.1, -0.05) is 13.8 Å². The standard InChI is InChI=1S/C13H23N3O3/c1-13(2)5-3-6-16(10(13)11(17)18)12(19)15-7-4-9(14)8-15/h9-10H,3-8,14H2,1-2H3,(H,17,18). The molecule has 0 aromatic rings. The summed E-state index contributed by atoms with van der Waals surface area (Å²) < 4.78 is 0. The van der Waals surface area contributed by atoms with Crippen molar-refractivity contribution in [1.82, 2.24) is 9.80 Å². The van der Waals surface area contributed by atoms with Crippen LogP contribution in [0.4, 0.5) is 4.79 Å². The number of likely N-dealkylation sites (tertiary alicyclic amines) is 2. The number of hydrogen-bond acceptors (Lipinski definition) is 3. The highest BCUT2D eigenvalue weighted by Crippen LogP contribution is 2.36. The number of hydrogen-bond donors (Lipinski definition) is 2. The average molecular weight is 269 g/mol. The van der Waals surface area contributed by atoms with Gasteiger partial charge in [0.2, 0.25) is 0 Å². The molecule has 108 valence electrons. The second-order valence-electron chi connectivity index (χ2n) is 6.30. The van der Waals surface area contributed by atoms with Crippen LogP contribution in [-0.4, -0.2) is 58.6 Å². The molecule has 0 aliphatic carbocycles. The van der Waals surface area contributed by atoms with Gasteiger partial charge in [-0.3, -0.25) is 0 Å². The summed E-state index contributed by atoms with van der Waals surface area (Å²) in [5.74, 6) is -0.915. The molecule has 0 radical (unpaired) electrons. The molecule has 2 amide bonds. The van der Waals surface area contributed by atoms with Gasteiger partial charge in [-0.25, -0.2) is 9.59 Å². The lowest BCUT2D eigenvalue weighted by molar-refractivity contribution is -0.148. The molecule has 0 aromatic carbocycles. The summed E-state index contributed by atoms with van der Waals surface area (Å²) in [6.45, 7) is 5.51. The number of aliphatic carboxylic acids is 1. The first-order chi connectivity index (χ1) is 8.83. The van der Waals surface area contributed by atoms with Crippen molar-refractivity contribution in [1.29, 1.82) is 0 Å². The molecule has 2 heterocycles. The number of carbonyl (C=O) groups excluding carboxylic acids is 1. The van der Waals surface area contributed by atoms with Crippen LogP contribution in [0.3, 0.4) is 0 Å². The third-order valence-electron chi connectivity index (χ3n) is 4.25. The van der Waals surface area contributed by atoms with Crippen LogP contribution in [0.25, 0.3) is 0 Å². The third kappa shape index (κ3) is 2.68. The van der Waals surface area contributed by atoms with Crippen LogP contribution < -0.4 is 5.73 Å². The second kappa shape index (κ2) is 5.00. The van der Waals surface area contributed by atoms with Gasteiger partial charge in [-0.15, -0.1) is 0 Å². The molecule has 0 saturated carbocycles. The Bertz CT molecular complexity index is 383. The zero-order valence-corrected chi connectivity index (χ0v) is 11.6. The largest absolute Gasteiger partial charge is 0.480 e. The number of urea groups is 1. The monoisotopic (exact) mass is 269 g/mol. The summed E-state index contributed by atoms with van der Waals surface area (Å²) in [7, 11) is 0. The van der Waals surface area contributed by atoms with E-state index in [1.165, 1.54) is 4.90 Å². The minimum absolute atomic E-state index is 0.0185. The molecule has 0 aromatic heterocycles. The van der Waals surface area contributed by atoms with Crippen LogP contribution in [0, 0.1) is 5.41 Å². The van der Waals surface area contributed by atoms with Crippen LogP contribution in [0.5, 0.6) is 0 Å². The summed E-state index contributed by atoms with van der Waals surface area (Å²) in [4.78, 5) is 27.2. The quantitative estimate of drug-likeness (QED) is 0.734. The number of rotatable bonds is 1. The highest BCUT2D eigenvalue weighted by atomic mass is 16.4. The zero-order chi connectivity index (χ0) is 14.2. The number of carbonyl (C=O) groups is 2. The molecule has 2 unspecified atom stereocenters. The van der Waals surface area contributed by atoms with E-state index >= 15 is 0 Å². The van der Waals surface area contributed by atoms with Gasteiger partial charge >= 0.3 is 12.0 Å². The van der Waals surface area contributed by atoms with Crippen LogP contribution in [0.2, 0.25) is 0 Å². The summed E-state index contributed by atoms with van der Waals surface area (Å²) in [5, 5.41) is 9.45. The highest BCUT2D eigenvalue weighted by molar-refractivity contribution is 5.83. The van der Waals surface area contributed by atoms with Gasteiger partial charge in [-0.05, 0) is 24.7 Å². The number of carboxylic acids is 1. The van der Waals surface area contributed by atoms with Crippen LogP contribution >= 0.6 is 0 Å². The molecular weight excluding hydrogens is 246 g/mol. The van der Waals surface area contributed by atoms with Crippen molar-refractivity contribution < 1.29 is 14.7 Å². The van der Waals surface area contributed by atoms with E-state index < -0.39 is 12.0 Å². The van der Waals surface area contributed by atoms with Crippen molar-refractivity contribution in [3.05, 3.63) is 0 Å². The smallest absolute Gasteiger partial charge is 0.327 e. The van der Waals surface area contributed by atoms with Gasteiger partial charge in [0.1, 0.15) is 6.04 Å². The SMILES string of the molecule is CC1(C)CCCN(C(=O)N2CCC(N)C2)C1C(=O)O. The first-order valence-corrected chi connectivity index (χ1v) is 6.87. The van der Waals surface area contributed by atoms with E-state index in [9.17, 15) is 14.7 Å². The molecule has 6 heteroatoms. The lowest BCUT2D eigenvalue weighted by Crippen LogP contribution is -2.59. The fourth-order valence-corrected chi connectivity index (χ4v) is 3.21. The van der Waals surface area contributed by atoms with E-state index in [1.54, 1.807) is 4.90 Å². The maximum atomic E-state index is 12.5. The highest BCUT2D eigenvalue weighted by Gasteiger charge is 2.46. The summed E-state index contributed by atoms with van der Waals surface area (Å²) in [6, 6.07) is -0.899. The number of carboxylic acid groups (broad SMARTS) is 1. The minimum Gasteiger partial charge on any atom is -0.480 e. The van der Waals surface area contributed by atoms with E-state index in [-0.39, 0.29) is 17.5 Å². The minimum atomic E-state index is -0.915. The van der Waals surface area contributed by atoms with Crippen molar-refractivity contribution >= 4 is 12.0 Å². The Labute approximate surface area is 113 Å². The third-order valence-corrected chi connectivity index (χ3v) is 4.25. The number of amides is 2. The Morgan fingerprint density at radius 3 is 2.53 bits per heavy atom. The molecule has 2 rings (SSSR count). The van der Waals surface area contributed by atoms with Gasteiger partial charge in [0.15, 0.2) is 0 Å². The van der Waals surface area contributed by atoms with Crippen molar-refractivity contribution in [3.8, 4) is 0 Å². The Morgan fingerprint density at radius 1 is 1.32 bits per heavy atom. The van der Waals surface area contributed by atoms with Crippen molar-refractivity contribution in [3.63, 3.8) is 0 Å². The molecule has 3 N–H and O–H groups in total. The average Bonchev–Trinajstić information content (AvgIpc) is 2.72. The lowest BCUT2D eigenvalue weighted by atomic mass is 9.76. The lowest BCUT2D eigenvalue weighted by Gasteiger charge is -2.45. The first kappa shape index (κ1) is 14.1. The van der Waals surface area contributed by atoms with Gasteiger partial charge < -0.3 is 20.6 Å². The van der Waals surface area contributed by atoms with E-state index in [4.69, 9.17) is 5.73 Å². The fourth-order valence-electron chi connectivity index (χ4n) is 3.21. The molecule has 2 saturated heterocycles. The predicted octanol–water partition coefficient (Wildman–Crippen LogP) is 0.715. The second-order valence-corrected chi connectivity index (χ2v) is 6.30.